The van der Waals surface area contributed by atoms with E-state index in [0.29, 0.717) is 24.8 Å². The fraction of sp³-hybridized carbons (Fsp3) is 0.625. The molecule has 6 nitrogen and oxygen atoms in total. The van der Waals surface area contributed by atoms with Crippen molar-refractivity contribution in [1.82, 2.24) is 9.88 Å². The van der Waals surface area contributed by atoms with E-state index in [-0.39, 0.29) is 11.8 Å². The summed E-state index contributed by atoms with van der Waals surface area (Å²) in [7, 11) is 1.90. The quantitative estimate of drug-likeness (QED) is 0.929. The zero-order valence-electron chi connectivity index (χ0n) is 13.7. The fourth-order valence-corrected chi connectivity index (χ4v) is 2.63. The molecule has 1 fully saturated rings. The summed E-state index contributed by atoms with van der Waals surface area (Å²) in [4.78, 5) is 19.9. The Labute approximate surface area is 131 Å². The van der Waals surface area contributed by atoms with Gasteiger partial charge in [-0.1, -0.05) is 0 Å². The van der Waals surface area contributed by atoms with Crippen molar-refractivity contribution >= 4 is 11.9 Å². The minimum absolute atomic E-state index is 0.173. The molecule has 1 aliphatic heterocycles. The van der Waals surface area contributed by atoms with E-state index in [4.69, 9.17) is 4.74 Å². The van der Waals surface area contributed by atoms with Crippen LogP contribution in [0.2, 0.25) is 0 Å². The first-order chi connectivity index (χ1) is 10.3. The molecule has 1 atom stereocenters. The third-order valence-electron chi connectivity index (χ3n) is 3.60. The molecule has 0 aliphatic carbocycles. The monoisotopic (exact) mass is 307 g/mol. The molecule has 1 N–H and O–H groups in total. The lowest BCUT2D eigenvalue weighted by Gasteiger charge is -2.25. The number of carbonyl (C=O) groups is 1. The summed E-state index contributed by atoms with van der Waals surface area (Å²) in [5.74, 6) is 1.09. The van der Waals surface area contributed by atoms with E-state index < -0.39 is 5.60 Å². The highest BCUT2D eigenvalue weighted by atomic mass is 16.6. The van der Waals surface area contributed by atoms with E-state index in [1.54, 1.807) is 23.2 Å². The standard InChI is InChI=1S/C16H25N3O3/c1-16(2,3)22-15(21)19-9-7-12(11-19)10-18(4)14-13(20)6-5-8-17-14/h5-6,8,12,20H,7,9-11H2,1-4H3. The smallest absolute Gasteiger partial charge is 0.410 e. The highest BCUT2D eigenvalue weighted by Crippen LogP contribution is 2.26. The maximum absolute atomic E-state index is 12.1. The Hall–Kier alpha value is -1.98. The third-order valence-corrected chi connectivity index (χ3v) is 3.60. The molecule has 122 valence electrons. The Morgan fingerprint density at radius 3 is 2.91 bits per heavy atom. The van der Waals surface area contributed by atoms with E-state index in [0.717, 1.165) is 13.0 Å². The van der Waals surface area contributed by atoms with E-state index in [1.807, 2.05) is 32.7 Å². The zero-order chi connectivity index (χ0) is 16.3. The maximum Gasteiger partial charge on any atom is 0.410 e. The predicted octanol–water partition coefficient (Wildman–Crippen LogP) is 2.48. The summed E-state index contributed by atoms with van der Waals surface area (Å²) >= 11 is 0. The summed E-state index contributed by atoms with van der Waals surface area (Å²) in [6.07, 6.45) is 2.34. The van der Waals surface area contributed by atoms with Gasteiger partial charge in [-0.15, -0.1) is 0 Å². The Morgan fingerprint density at radius 2 is 2.27 bits per heavy atom. The van der Waals surface area contributed by atoms with Crippen LogP contribution in [0, 0.1) is 5.92 Å². The number of aromatic hydroxyl groups is 1. The lowest BCUT2D eigenvalue weighted by Crippen LogP contribution is -2.36. The van der Waals surface area contributed by atoms with Gasteiger partial charge in [-0.05, 0) is 45.2 Å². The molecule has 2 rings (SSSR count). The number of carbonyl (C=O) groups excluding carboxylic acids is 1. The van der Waals surface area contributed by atoms with Crippen LogP contribution in [0.15, 0.2) is 18.3 Å². The zero-order valence-corrected chi connectivity index (χ0v) is 13.7. The molecular formula is C16H25N3O3. The summed E-state index contributed by atoms with van der Waals surface area (Å²) < 4.78 is 5.40. The molecule has 0 spiro atoms. The number of nitrogens with zero attached hydrogens (tertiary/aromatic N) is 3. The maximum atomic E-state index is 12.1. The van der Waals surface area contributed by atoms with Crippen LogP contribution in [0.1, 0.15) is 27.2 Å². The lowest BCUT2D eigenvalue weighted by atomic mass is 10.1. The predicted molar refractivity (Wildman–Crippen MR) is 85.1 cm³/mol. The molecule has 1 saturated heterocycles. The van der Waals surface area contributed by atoms with Crippen molar-refractivity contribution in [1.29, 1.82) is 0 Å². The van der Waals surface area contributed by atoms with Gasteiger partial charge < -0.3 is 19.6 Å². The van der Waals surface area contributed by atoms with Gasteiger partial charge >= 0.3 is 6.09 Å². The molecule has 22 heavy (non-hydrogen) atoms. The minimum atomic E-state index is -0.467. The summed E-state index contributed by atoms with van der Waals surface area (Å²) in [5.41, 5.74) is -0.467. The number of anilines is 1. The lowest BCUT2D eigenvalue weighted by molar-refractivity contribution is 0.0288. The number of hydrogen-bond donors (Lipinski definition) is 1. The Balaban J connectivity index is 1.89. The largest absolute Gasteiger partial charge is 0.504 e. The summed E-state index contributed by atoms with van der Waals surface area (Å²) in [5, 5.41) is 9.83. The molecule has 0 radical (unpaired) electrons. The van der Waals surface area contributed by atoms with Crippen LogP contribution in [0.3, 0.4) is 0 Å². The SMILES string of the molecule is CN(CC1CCN(C(=O)OC(C)(C)C)C1)c1ncccc1O. The van der Waals surface area contributed by atoms with Crippen molar-refractivity contribution in [3.63, 3.8) is 0 Å². The number of amides is 1. The first-order valence-corrected chi connectivity index (χ1v) is 7.59. The molecule has 1 aliphatic rings. The first kappa shape index (κ1) is 16.4. The second-order valence-corrected chi connectivity index (χ2v) is 6.81. The summed E-state index contributed by atoms with van der Waals surface area (Å²) in [6.45, 7) is 7.74. The van der Waals surface area contributed by atoms with E-state index in [2.05, 4.69) is 4.98 Å². The van der Waals surface area contributed by atoms with Gasteiger partial charge in [0.05, 0.1) is 0 Å². The van der Waals surface area contributed by atoms with Crippen LogP contribution in [0.4, 0.5) is 10.6 Å². The van der Waals surface area contributed by atoms with Crippen LogP contribution >= 0.6 is 0 Å². The summed E-state index contributed by atoms with van der Waals surface area (Å²) in [6, 6.07) is 3.33. The molecule has 0 aromatic carbocycles. The molecule has 1 aromatic heterocycles. The topological polar surface area (TPSA) is 65.9 Å². The van der Waals surface area contributed by atoms with E-state index in [9.17, 15) is 9.90 Å². The van der Waals surface area contributed by atoms with E-state index in [1.165, 1.54) is 0 Å². The van der Waals surface area contributed by atoms with Gasteiger partial charge in [0.2, 0.25) is 0 Å². The van der Waals surface area contributed by atoms with Gasteiger partial charge in [-0.25, -0.2) is 9.78 Å². The molecular weight excluding hydrogens is 282 g/mol. The van der Waals surface area contributed by atoms with Crippen molar-refractivity contribution in [2.45, 2.75) is 32.8 Å². The number of hydrogen-bond acceptors (Lipinski definition) is 5. The second kappa shape index (κ2) is 6.42. The van der Waals surface area contributed by atoms with Crippen molar-refractivity contribution in [2.24, 2.45) is 5.92 Å². The van der Waals surface area contributed by atoms with Crippen LogP contribution < -0.4 is 4.90 Å². The average molecular weight is 307 g/mol. The highest BCUT2D eigenvalue weighted by molar-refractivity contribution is 5.68. The highest BCUT2D eigenvalue weighted by Gasteiger charge is 2.30. The van der Waals surface area contributed by atoms with Gasteiger partial charge in [0.25, 0.3) is 0 Å². The molecule has 1 unspecified atom stereocenters. The average Bonchev–Trinajstić information content (AvgIpc) is 2.85. The van der Waals surface area contributed by atoms with E-state index >= 15 is 0 Å². The van der Waals surface area contributed by atoms with Crippen LogP contribution in [-0.2, 0) is 4.74 Å². The normalized spacial score (nSPS) is 18.4. The van der Waals surface area contributed by atoms with Crippen molar-refractivity contribution in [2.75, 3.05) is 31.6 Å². The number of pyridine rings is 1. The van der Waals surface area contributed by atoms with Crippen molar-refractivity contribution in [3.8, 4) is 5.75 Å². The Kier molecular flexibility index (Phi) is 4.78. The van der Waals surface area contributed by atoms with Gasteiger partial charge in [0.15, 0.2) is 11.6 Å². The number of likely N-dealkylation sites (tertiary alicyclic amines) is 1. The number of rotatable bonds is 3. The van der Waals surface area contributed by atoms with Crippen molar-refractivity contribution < 1.29 is 14.6 Å². The molecule has 6 heteroatoms. The van der Waals surface area contributed by atoms with Gasteiger partial charge in [-0.2, -0.15) is 0 Å². The number of aromatic nitrogens is 1. The van der Waals surface area contributed by atoms with Gasteiger partial charge in [-0.3, -0.25) is 0 Å². The van der Waals surface area contributed by atoms with Gasteiger partial charge in [0.1, 0.15) is 5.60 Å². The second-order valence-electron chi connectivity index (χ2n) is 6.81. The third kappa shape index (κ3) is 4.26. The Morgan fingerprint density at radius 1 is 1.55 bits per heavy atom. The fourth-order valence-electron chi connectivity index (χ4n) is 2.63. The van der Waals surface area contributed by atoms with Crippen LogP contribution in [-0.4, -0.2) is 53.4 Å². The molecule has 1 amide bonds. The Bertz CT molecular complexity index is 528. The first-order valence-electron chi connectivity index (χ1n) is 7.59. The van der Waals surface area contributed by atoms with Crippen LogP contribution in [0.25, 0.3) is 0 Å². The van der Waals surface area contributed by atoms with Crippen molar-refractivity contribution in [3.05, 3.63) is 18.3 Å². The minimum Gasteiger partial charge on any atom is -0.504 e. The van der Waals surface area contributed by atoms with Gasteiger partial charge in [0, 0.05) is 32.9 Å². The molecule has 1 aromatic rings. The molecule has 0 saturated carbocycles. The molecule has 0 bridgehead atoms. The van der Waals surface area contributed by atoms with Crippen LogP contribution in [0.5, 0.6) is 5.75 Å². The molecule has 2 heterocycles. The number of ether oxygens (including phenoxy) is 1.